The molecule has 0 amide bonds. The molecule has 0 rings (SSSR count). The van der Waals surface area contributed by atoms with E-state index in [1.807, 2.05) is 13.8 Å². The van der Waals surface area contributed by atoms with Crippen LogP contribution in [-0.4, -0.2) is 17.4 Å². The van der Waals surface area contributed by atoms with Crippen molar-refractivity contribution in [3.8, 4) is 0 Å². The molecule has 2 N–H and O–H groups in total. The van der Waals surface area contributed by atoms with Gasteiger partial charge in [0, 0.05) is 6.54 Å². The van der Waals surface area contributed by atoms with Crippen LogP contribution in [0.1, 0.15) is 27.7 Å². The van der Waals surface area contributed by atoms with E-state index < -0.39 is 19.6 Å². The summed E-state index contributed by atoms with van der Waals surface area (Å²) in [5, 5.41) is 2.31. The quantitative estimate of drug-likeness (QED) is 0.691. The van der Waals surface area contributed by atoms with Crippen LogP contribution in [0.3, 0.4) is 0 Å². The maximum Gasteiger partial charge on any atom is 0.458 e. The van der Waals surface area contributed by atoms with Crippen LogP contribution in [-0.2, 0) is 13.9 Å². The molecular weight excluding hydrogens is 205 g/mol. The maximum absolute atomic E-state index is 11.2. The van der Waals surface area contributed by atoms with Gasteiger partial charge in [-0.15, -0.1) is 0 Å². The van der Waals surface area contributed by atoms with Crippen LogP contribution in [0.2, 0.25) is 0 Å². The van der Waals surface area contributed by atoms with Gasteiger partial charge in [0.1, 0.15) is 0 Å². The summed E-state index contributed by atoms with van der Waals surface area (Å²) in [4.78, 5) is 20.2. The third-order valence-corrected chi connectivity index (χ3v) is 2.39. The molecule has 0 fully saturated rings. The monoisotopic (exact) mass is 223 g/mol. The lowest BCUT2D eigenvalue weighted by molar-refractivity contribution is -0.138. The second-order valence-corrected chi connectivity index (χ2v) is 5.38. The molecule has 0 radical (unpaired) electrons. The first-order chi connectivity index (χ1) is 6.24. The Morgan fingerprint density at radius 2 is 1.93 bits per heavy atom. The summed E-state index contributed by atoms with van der Waals surface area (Å²) in [6.45, 7) is 7.31. The van der Waals surface area contributed by atoms with Crippen molar-refractivity contribution >= 4 is 13.7 Å². The Labute approximate surface area is 84.4 Å². The van der Waals surface area contributed by atoms with Crippen molar-refractivity contribution in [1.29, 1.82) is 0 Å². The number of hydrogen-bond donors (Lipinski definition) is 2. The molecule has 0 bridgehead atoms. The van der Waals surface area contributed by atoms with Crippen molar-refractivity contribution in [2.24, 2.45) is 11.8 Å². The van der Waals surface area contributed by atoms with Crippen LogP contribution in [0.4, 0.5) is 0 Å². The van der Waals surface area contributed by atoms with Crippen LogP contribution in [0.25, 0.3) is 0 Å². The Hall–Kier alpha value is -0.380. The standard InChI is InChI=1S/C8H18NO4P/c1-6(2)5-9-14(11,12)13-8(10)7(3)4/h6-7H,5H2,1-4H3,(H2,9,11,12). The van der Waals surface area contributed by atoms with E-state index in [0.29, 0.717) is 6.54 Å². The lowest BCUT2D eigenvalue weighted by Crippen LogP contribution is -2.21. The van der Waals surface area contributed by atoms with Gasteiger partial charge in [0.25, 0.3) is 0 Å². The molecule has 0 aliphatic heterocycles. The minimum Gasteiger partial charge on any atom is -0.380 e. The molecule has 0 aliphatic rings. The lowest BCUT2D eigenvalue weighted by Gasteiger charge is -2.15. The topological polar surface area (TPSA) is 75.6 Å². The summed E-state index contributed by atoms with van der Waals surface area (Å²) < 4.78 is 15.6. The van der Waals surface area contributed by atoms with E-state index in [0.717, 1.165) is 0 Å². The summed E-state index contributed by atoms with van der Waals surface area (Å²) in [7, 11) is -3.96. The zero-order chi connectivity index (χ0) is 11.4. The van der Waals surface area contributed by atoms with Crippen molar-refractivity contribution in [2.75, 3.05) is 6.54 Å². The van der Waals surface area contributed by atoms with Crippen molar-refractivity contribution in [3.05, 3.63) is 0 Å². The molecule has 1 atom stereocenters. The van der Waals surface area contributed by atoms with Gasteiger partial charge in [-0.2, -0.15) is 0 Å². The molecule has 0 aromatic carbocycles. The highest BCUT2D eigenvalue weighted by Crippen LogP contribution is 2.37. The summed E-state index contributed by atoms with van der Waals surface area (Å²) in [5.41, 5.74) is 0. The molecule has 5 nitrogen and oxygen atoms in total. The van der Waals surface area contributed by atoms with Crippen molar-refractivity contribution < 1.29 is 18.8 Å². The number of carbonyl (C=O) groups excluding carboxylic acids is 1. The molecule has 14 heavy (non-hydrogen) atoms. The highest BCUT2D eigenvalue weighted by molar-refractivity contribution is 7.51. The first-order valence-electron chi connectivity index (χ1n) is 4.56. The van der Waals surface area contributed by atoms with Gasteiger partial charge in [-0.25, -0.2) is 9.65 Å². The minimum absolute atomic E-state index is 0.216. The Bertz CT molecular complexity index is 239. The highest BCUT2D eigenvalue weighted by Gasteiger charge is 2.25. The molecule has 0 saturated carbocycles. The maximum atomic E-state index is 11.2. The van der Waals surface area contributed by atoms with E-state index >= 15 is 0 Å². The molecular formula is C8H18NO4P. The Balaban J connectivity index is 4.08. The van der Waals surface area contributed by atoms with Crippen LogP contribution in [0, 0.1) is 11.8 Å². The largest absolute Gasteiger partial charge is 0.458 e. The summed E-state index contributed by atoms with van der Waals surface area (Å²) >= 11 is 0. The molecule has 1 unspecified atom stereocenters. The van der Waals surface area contributed by atoms with Gasteiger partial charge in [-0.3, -0.25) is 4.79 Å². The molecule has 0 spiro atoms. The van der Waals surface area contributed by atoms with E-state index in [9.17, 15) is 14.3 Å². The van der Waals surface area contributed by atoms with E-state index in [1.54, 1.807) is 13.8 Å². The lowest BCUT2D eigenvalue weighted by atomic mass is 10.2. The predicted molar refractivity (Wildman–Crippen MR) is 53.6 cm³/mol. The van der Waals surface area contributed by atoms with Gasteiger partial charge in [-0.1, -0.05) is 27.7 Å². The Morgan fingerprint density at radius 3 is 2.29 bits per heavy atom. The van der Waals surface area contributed by atoms with E-state index in [4.69, 9.17) is 0 Å². The molecule has 0 aliphatic carbocycles. The zero-order valence-electron chi connectivity index (χ0n) is 8.98. The van der Waals surface area contributed by atoms with Gasteiger partial charge in [0.15, 0.2) is 0 Å². The van der Waals surface area contributed by atoms with Crippen LogP contribution < -0.4 is 5.09 Å². The summed E-state index contributed by atoms with van der Waals surface area (Å²) in [6, 6.07) is 0. The molecule has 0 aromatic rings. The Kier molecular flexibility index (Phi) is 5.34. The van der Waals surface area contributed by atoms with Gasteiger partial charge in [0.2, 0.25) is 0 Å². The van der Waals surface area contributed by atoms with Gasteiger partial charge in [0.05, 0.1) is 5.92 Å². The van der Waals surface area contributed by atoms with E-state index in [2.05, 4.69) is 9.61 Å². The predicted octanol–water partition coefficient (Wildman–Crippen LogP) is 1.53. The average molecular weight is 223 g/mol. The van der Waals surface area contributed by atoms with Crippen molar-refractivity contribution in [3.63, 3.8) is 0 Å². The molecule has 0 saturated heterocycles. The van der Waals surface area contributed by atoms with Gasteiger partial charge < -0.3 is 9.42 Å². The van der Waals surface area contributed by atoms with Crippen molar-refractivity contribution in [2.45, 2.75) is 27.7 Å². The molecule has 0 aromatic heterocycles. The summed E-state index contributed by atoms with van der Waals surface area (Å²) in [6.07, 6.45) is 0. The van der Waals surface area contributed by atoms with Gasteiger partial charge in [-0.05, 0) is 5.92 Å². The number of carbonyl (C=O) groups is 1. The van der Waals surface area contributed by atoms with E-state index in [-0.39, 0.29) is 5.92 Å². The van der Waals surface area contributed by atoms with Crippen LogP contribution in [0.15, 0.2) is 0 Å². The fraction of sp³-hybridized carbons (Fsp3) is 0.875. The van der Waals surface area contributed by atoms with E-state index in [1.165, 1.54) is 0 Å². The fourth-order valence-corrected chi connectivity index (χ4v) is 1.67. The zero-order valence-corrected chi connectivity index (χ0v) is 9.88. The molecule has 84 valence electrons. The van der Waals surface area contributed by atoms with Crippen LogP contribution in [0.5, 0.6) is 0 Å². The fourth-order valence-electron chi connectivity index (χ4n) is 0.558. The highest BCUT2D eigenvalue weighted by atomic mass is 31.2. The first-order valence-corrected chi connectivity index (χ1v) is 6.13. The third-order valence-electron chi connectivity index (χ3n) is 1.38. The summed E-state index contributed by atoms with van der Waals surface area (Å²) in [5.74, 6) is -0.864. The minimum atomic E-state index is -3.96. The Morgan fingerprint density at radius 1 is 1.43 bits per heavy atom. The molecule has 0 heterocycles. The second-order valence-electron chi connectivity index (χ2n) is 3.84. The second kappa shape index (κ2) is 5.49. The normalized spacial score (nSPS) is 15.6. The molecule has 6 heteroatoms. The third kappa shape index (κ3) is 6.13. The van der Waals surface area contributed by atoms with Gasteiger partial charge >= 0.3 is 13.7 Å². The number of rotatable bonds is 5. The smallest absolute Gasteiger partial charge is 0.380 e. The number of nitrogens with one attached hydrogen (secondary N) is 1. The first kappa shape index (κ1) is 13.6. The van der Waals surface area contributed by atoms with Crippen LogP contribution >= 0.6 is 7.75 Å². The number of hydrogen-bond acceptors (Lipinski definition) is 3. The SMILES string of the molecule is CC(C)CNP(=O)(O)OC(=O)C(C)C. The van der Waals surface area contributed by atoms with Crippen molar-refractivity contribution in [1.82, 2.24) is 5.09 Å². The average Bonchev–Trinajstić information content (AvgIpc) is 2.00.